The van der Waals surface area contributed by atoms with Crippen molar-refractivity contribution >= 4 is 55.7 Å². The minimum Gasteiger partial charge on any atom is -0.260 e. The Morgan fingerprint density at radius 3 is 1.90 bits per heavy atom. The smallest absolute Gasteiger partial charge is 0.0797 e. The number of nitrogens with zero attached hydrogens (tertiary/aromatic N) is 3. The molecule has 0 unspecified atom stereocenters. The molecule has 3 aromatic rings. The monoisotopic (exact) mass is 511 g/mol. The van der Waals surface area contributed by atoms with Crippen LogP contribution in [0, 0.1) is 20.8 Å². The van der Waals surface area contributed by atoms with E-state index in [4.69, 9.17) is 4.98 Å². The number of hydrogen-bond acceptors (Lipinski definition) is 3. The van der Waals surface area contributed by atoms with Gasteiger partial charge in [0.05, 0.1) is 11.4 Å². The first-order chi connectivity index (χ1) is 13.9. The Morgan fingerprint density at radius 1 is 0.759 bits per heavy atom. The molecular weight excluding hydrogens is 490 g/mol. The summed E-state index contributed by atoms with van der Waals surface area (Å²) in [5.41, 5.74) is 7.50. The molecule has 0 fully saturated rings. The fourth-order valence-corrected chi connectivity index (χ4v) is 4.63. The summed E-state index contributed by atoms with van der Waals surface area (Å²) in [6.45, 7) is 6.23. The molecule has 29 heavy (non-hydrogen) atoms. The van der Waals surface area contributed by atoms with Gasteiger partial charge in [-0.05, 0) is 77.7 Å². The van der Waals surface area contributed by atoms with Gasteiger partial charge in [0.15, 0.2) is 0 Å². The van der Waals surface area contributed by atoms with Crippen LogP contribution in [0.5, 0.6) is 0 Å². The summed E-state index contributed by atoms with van der Waals surface area (Å²) in [4.78, 5) is 14.0. The number of aliphatic imine (C=N–C) groups is 2. The van der Waals surface area contributed by atoms with Gasteiger partial charge in [0.1, 0.15) is 0 Å². The number of halogens is 2. The number of hydrogen-bond donors (Lipinski definition) is 0. The zero-order chi connectivity index (χ0) is 20.8. The van der Waals surface area contributed by atoms with Gasteiger partial charge >= 0.3 is 0 Å². The van der Waals surface area contributed by atoms with Crippen LogP contribution >= 0.6 is 31.9 Å². The van der Waals surface area contributed by atoms with Gasteiger partial charge in [-0.3, -0.25) is 15.0 Å². The lowest BCUT2D eigenvalue weighted by Crippen LogP contribution is -1.97. The first-order valence-electron chi connectivity index (χ1n) is 9.46. The third-order valence-corrected chi connectivity index (χ3v) is 5.63. The standard InChI is InChI=1S/C24H23Br2N3/c1-16-6-4-7-17(2)23(16)27-12-10-20-8-5-9-21(29-20)11-13-28-24-18(3)14-19(25)15-22(24)26/h4-9,12-15H,10-11H2,1-3H3. The molecule has 0 atom stereocenters. The molecule has 0 amide bonds. The zero-order valence-electron chi connectivity index (χ0n) is 16.8. The lowest BCUT2D eigenvalue weighted by Gasteiger charge is -2.05. The Morgan fingerprint density at radius 2 is 1.31 bits per heavy atom. The SMILES string of the molecule is Cc1cccc(C)c1N=CCc1cccc(CC=Nc2c(C)cc(Br)cc2Br)n1. The predicted octanol–water partition coefficient (Wildman–Crippen LogP) is 7.42. The molecule has 1 aromatic heterocycles. The Bertz CT molecular complexity index is 1030. The maximum Gasteiger partial charge on any atom is 0.0797 e. The summed E-state index contributed by atoms with van der Waals surface area (Å²) >= 11 is 7.08. The zero-order valence-corrected chi connectivity index (χ0v) is 20.0. The number of rotatable bonds is 6. The maximum atomic E-state index is 4.74. The highest BCUT2D eigenvalue weighted by molar-refractivity contribution is 9.11. The van der Waals surface area contributed by atoms with Gasteiger partial charge in [0.2, 0.25) is 0 Å². The third kappa shape index (κ3) is 5.94. The molecule has 0 aliphatic carbocycles. The first-order valence-corrected chi connectivity index (χ1v) is 11.0. The van der Waals surface area contributed by atoms with E-state index >= 15 is 0 Å². The summed E-state index contributed by atoms with van der Waals surface area (Å²) in [5.74, 6) is 0. The molecule has 2 aromatic carbocycles. The fraction of sp³-hybridized carbons (Fsp3) is 0.208. The Balaban J connectivity index is 1.66. The topological polar surface area (TPSA) is 37.6 Å². The van der Waals surface area contributed by atoms with Gasteiger partial charge in [-0.2, -0.15) is 0 Å². The van der Waals surface area contributed by atoms with Crippen molar-refractivity contribution in [1.29, 1.82) is 0 Å². The number of pyridine rings is 1. The lowest BCUT2D eigenvalue weighted by molar-refractivity contribution is 1.06. The number of aromatic nitrogens is 1. The van der Waals surface area contributed by atoms with E-state index in [1.807, 2.05) is 36.7 Å². The highest BCUT2D eigenvalue weighted by atomic mass is 79.9. The molecule has 0 bridgehead atoms. The Labute approximate surface area is 189 Å². The number of para-hydroxylation sites is 1. The van der Waals surface area contributed by atoms with E-state index in [0.29, 0.717) is 12.8 Å². The van der Waals surface area contributed by atoms with Crippen molar-refractivity contribution < 1.29 is 0 Å². The van der Waals surface area contributed by atoms with Gasteiger partial charge in [0, 0.05) is 45.6 Å². The quantitative estimate of drug-likeness (QED) is 0.316. The van der Waals surface area contributed by atoms with Crippen LogP contribution < -0.4 is 0 Å². The molecule has 1 heterocycles. The predicted molar refractivity (Wildman–Crippen MR) is 130 cm³/mol. The minimum atomic E-state index is 0.684. The fourth-order valence-electron chi connectivity index (χ4n) is 3.08. The van der Waals surface area contributed by atoms with Crippen LogP contribution in [0.4, 0.5) is 11.4 Å². The largest absolute Gasteiger partial charge is 0.260 e. The van der Waals surface area contributed by atoms with E-state index in [-0.39, 0.29) is 0 Å². The second-order valence-corrected chi connectivity index (χ2v) is 8.72. The molecule has 0 saturated carbocycles. The van der Waals surface area contributed by atoms with Crippen molar-refractivity contribution in [1.82, 2.24) is 4.98 Å². The Kier molecular flexibility index (Phi) is 7.51. The van der Waals surface area contributed by atoms with Crippen LogP contribution in [0.25, 0.3) is 0 Å². The second kappa shape index (κ2) is 10.1. The summed E-state index contributed by atoms with van der Waals surface area (Å²) in [6, 6.07) is 16.4. The maximum absolute atomic E-state index is 4.74. The van der Waals surface area contributed by atoms with Crippen LogP contribution in [-0.4, -0.2) is 17.4 Å². The van der Waals surface area contributed by atoms with E-state index < -0.39 is 0 Å². The molecule has 0 aliphatic rings. The molecule has 0 aliphatic heterocycles. The number of benzene rings is 2. The van der Waals surface area contributed by atoms with Gasteiger partial charge in [-0.1, -0.05) is 40.2 Å². The van der Waals surface area contributed by atoms with Crippen LogP contribution in [0.3, 0.4) is 0 Å². The van der Waals surface area contributed by atoms with Gasteiger partial charge < -0.3 is 0 Å². The molecule has 3 rings (SSSR count). The molecule has 0 radical (unpaired) electrons. The average Bonchev–Trinajstić information content (AvgIpc) is 2.66. The summed E-state index contributed by atoms with van der Waals surface area (Å²) in [6.07, 6.45) is 5.25. The molecule has 0 spiro atoms. The molecule has 0 N–H and O–H groups in total. The van der Waals surface area contributed by atoms with E-state index in [1.54, 1.807) is 0 Å². The van der Waals surface area contributed by atoms with Crippen LogP contribution in [-0.2, 0) is 12.8 Å². The molecule has 3 nitrogen and oxygen atoms in total. The van der Waals surface area contributed by atoms with E-state index in [9.17, 15) is 0 Å². The van der Waals surface area contributed by atoms with Crippen molar-refractivity contribution in [3.05, 3.63) is 85.6 Å². The van der Waals surface area contributed by atoms with Crippen LogP contribution in [0.1, 0.15) is 28.1 Å². The van der Waals surface area contributed by atoms with E-state index in [2.05, 4.69) is 86.9 Å². The second-order valence-electron chi connectivity index (χ2n) is 6.95. The summed E-state index contributed by atoms with van der Waals surface area (Å²) in [7, 11) is 0. The average molecular weight is 513 g/mol. The first kappa shape index (κ1) is 21.6. The van der Waals surface area contributed by atoms with Crippen molar-refractivity contribution in [2.24, 2.45) is 9.98 Å². The van der Waals surface area contributed by atoms with Crippen molar-refractivity contribution in [2.45, 2.75) is 33.6 Å². The third-order valence-electron chi connectivity index (χ3n) is 4.56. The van der Waals surface area contributed by atoms with E-state index in [0.717, 1.165) is 37.3 Å². The lowest BCUT2D eigenvalue weighted by atomic mass is 10.1. The molecule has 5 heteroatoms. The van der Waals surface area contributed by atoms with Gasteiger partial charge in [0.25, 0.3) is 0 Å². The van der Waals surface area contributed by atoms with Crippen molar-refractivity contribution in [3.63, 3.8) is 0 Å². The van der Waals surface area contributed by atoms with Crippen LogP contribution in [0.15, 0.2) is 67.5 Å². The Hall–Kier alpha value is -2.11. The highest BCUT2D eigenvalue weighted by Gasteiger charge is 2.04. The van der Waals surface area contributed by atoms with Crippen molar-refractivity contribution in [3.8, 4) is 0 Å². The number of aryl methyl sites for hydroxylation is 3. The molecule has 0 saturated heterocycles. The van der Waals surface area contributed by atoms with Gasteiger partial charge in [-0.15, -0.1) is 0 Å². The highest BCUT2D eigenvalue weighted by Crippen LogP contribution is 2.32. The molecular formula is C24H23Br2N3. The van der Waals surface area contributed by atoms with E-state index in [1.165, 1.54) is 11.1 Å². The summed E-state index contributed by atoms with van der Waals surface area (Å²) in [5, 5.41) is 0. The van der Waals surface area contributed by atoms with Gasteiger partial charge in [-0.25, -0.2) is 0 Å². The van der Waals surface area contributed by atoms with Crippen LogP contribution in [0.2, 0.25) is 0 Å². The normalized spacial score (nSPS) is 11.6. The minimum absolute atomic E-state index is 0.684. The summed E-state index contributed by atoms with van der Waals surface area (Å²) < 4.78 is 2.02. The van der Waals surface area contributed by atoms with Crippen molar-refractivity contribution in [2.75, 3.05) is 0 Å². The molecule has 148 valence electrons.